The monoisotopic (exact) mass is 214 g/mol. The molecular formula is C7H10N4O2S. The molecule has 1 aromatic heterocycles. The topological polar surface area (TPSA) is 85.0 Å². The van der Waals surface area contributed by atoms with Crippen LogP contribution < -0.4 is 4.90 Å². The van der Waals surface area contributed by atoms with Gasteiger partial charge in [-0.3, -0.25) is 19.9 Å². The summed E-state index contributed by atoms with van der Waals surface area (Å²) in [7, 11) is 0. The number of rotatable bonds is 2. The maximum absolute atomic E-state index is 11.5. The summed E-state index contributed by atoms with van der Waals surface area (Å²) in [5.41, 5.74) is 0. The highest BCUT2D eigenvalue weighted by Gasteiger charge is 2.31. The second-order valence-electron chi connectivity index (χ2n) is 3.25. The van der Waals surface area contributed by atoms with Crippen LogP contribution in [0.15, 0.2) is 0 Å². The van der Waals surface area contributed by atoms with Crippen molar-refractivity contribution in [3.8, 4) is 0 Å². The van der Waals surface area contributed by atoms with Crippen molar-refractivity contribution in [2.24, 2.45) is 5.92 Å². The lowest BCUT2D eigenvalue weighted by molar-refractivity contribution is -0.117. The van der Waals surface area contributed by atoms with Gasteiger partial charge in [0.25, 0.3) is 0 Å². The Morgan fingerprint density at radius 2 is 2.43 bits per heavy atom. The van der Waals surface area contributed by atoms with Gasteiger partial charge in [0.2, 0.25) is 16.6 Å². The average Bonchev–Trinajstić information content (AvgIpc) is 2.71. The Hall–Kier alpha value is -1.21. The average molecular weight is 214 g/mol. The first-order chi connectivity index (χ1) is 6.70. The first kappa shape index (κ1) is 9.35. The molecule has 0 aliphatic carbocycles. The van der Waals surface area contributed by atoms with Crippen LogP contribution in [0.2, 0.25) is 0 Å². The lowest BCUT2D eigenvalue weighted by Crippen LogP contribution is -2.26. The van der Waals surface area contributed by atoms with Crippen LogP contribution in [0.3, 0.4) is 0 Å². The number of anilines is 1. The summed E-state index contributed by atoms with van der Waals surface area (Å²) in [5.74, 6) is 0.388. The molecule has 1 unspecified atom stereocenters. The molecule has 0 bridgehead atoms. The maximum Gasteiger partial charge on any atom is 0.229 e. The smallest absolute Gasteiger partial charge is 0.229 e. The van der Waals surface area contributed by atoms with Crippen molar-refractivity contribution in [3.63, 3.8) is 0 Å². The van der Waals surface area contributed by atoms with Gasteiger partial charge in [0, 0.05) is 25.5 Å². The minimum atomic E-state index is -0.0400. The van der Waals surface area contributed by atoms with E-state index in [-0.39, 0.29) is 18.4 Å². The van der Waals surface area contributed by atoms with E-state index in [9.17, 15) is 4.79 Å². The van der Waals surface area contributed by atoms with E-state index in [1.165, 1.54) is 4.90 Å². The second-order valence-corrected chi connectivity index (χ2v) is 3.63. The number of hydrogen-bond acceptors (Lipinski definition) is 4. The van der Waals surface area contributed by atoms with Gasteiger partial charge < -0.3 is 5.11 Å². The molecule has 14 heavy (non-hydrogen) atoms. The Labute approximate surface area is 84.9 Å². The molecule has 0 aromatic carbocycles. The van der Waals surface area contributed by atoms with Crippen molar-refractivity contribution >= 4 is 24.1 Å². The van der Waals surface area contributed by atoms with Gasteiger partial charge in [0.15, 0.2) is 0 Å². The summed E-state index contributed by atoms with van der Waals surface area (Å²) >= 11 is 4.78. The van der Waals surface area contributed by atoms with Crippen molar-refractivity contribution in [3.05, 3.63) is 4.77 Å². The zero-order valence-corrected chi connectivity index (χ0v) is 8.17. The normalized spacial score (nSPS) is 21.9. The molecule has 0 saturated carbocycles. The number of aliphatic hydroxyl groups excluding tert-OH is 1. The molecule has 1 saturated heterocycles. The van der Waals surface area contributed by atoms with Crippen molar-refractivity contribution in [2.75, 3.05) is 18.1 Å². The molecule has 6 nitrogen and oxygen atoms in total. The van der Waals surface area contributed by atoms with Crippen LogP contribution in [-0.2, 0) is 4.79 Å². The Kier molecular flexibility index (Phi) is 2.34. The summed E-state index contributed by atoms with van der Waals surface area (Å²) < 4.78 is 0.320. The van der Waals surface area contributed by atoms with E-state index in [1.807, 2.05) is 0 Å². The molecule has 1 fully saturated rings. The number of amides is 1. The number of carbonyl (C=O) groups excluding carboxylic acids is 1. The number of carbonyl (C=O) groups is 1. The molecule has 0 spiro atoms. The van der Waals surface area contributed by atoms with Gasteiger partial charge in [-0.05, 0) is 12.2 Å². The van der Waals surface area contributed by atoms with Crippen LogP contribution in [0.4, 0.5) is 5.95 Å². The fourth-order valence-corrected chi connectivity index (χ4v) is 1.64. The summed E-state index contributed by atoms with van der Waals surface area (Å²) in [6, 6.07) is 0. The first-order valence-electron chi connectivity index (χ1n) is 4.26. The van der Waals surface area contributed by atoms with Crippen LogP contribution in [0, 0.1) is 10.7 Å². The highest BCUT2D eigenvalue weighted by Crippen LogP contribution is 2.20. The minimum Gasteiger partial charge on any atom is -0.396 e. The van der Waals surface area contributed by atoms with E-state index in [0.717, 1.165) is 0 Å². The van der Waals surface area contributed by atoms with Crippen molar-refractivity contribution in [1.82, 2.24) is 15.2 Å². The SMILES string of the molecule is O=C1CC(CO)CN1c1nc(=S)[nH][nH]1. The van der Waals surface area contributed by atoms with E-state index < -0.39 is 0 Å². The largest absolute Gasteiger partial charge is 0.396 e. The van der Waals surface area contributed by atoms with E-state index in [2.05, 4.69) is 15.2 Å². The van der Waals surface area contributed by atoms with E-state index >= 15 is 0 Å². The van der Waals surface area contributed by atoms with Gasteiger partial charge in [0.05, 0.1) is 0 Å². The van der Waals surface area contributed by atoms with Gasteiger partial charge in [-0.2, -0.15) is 4.98 Å². The highest BCUT2D eigenvalue weighted by atomic mass is 32.1. The Balaban J connectivity index is 2.20. The molecule has 3 N–H and O–H groups in total. The van der Waals surface area contributed by atoms with Crippen LogP contribution in [0.1, 0.15) is 6.42 Å². The first-order valence-corrected chi connectivity index (χ1v) is 4.67. The number of hydrogen-bond donors (Lipinski definition) is 3. The zero-order valence-electron chi connectivity index (χ0n) is 7.36. The zero-order chi connectivity index (χ0) is 10.1. The van der Waals surface area contributed by atoms with E-state index in [4.69, 9.17) is 17.3 Å². The number of aromatic nitrogens is 3. The molecule has 1 aromatic rings. The molecule has 7 heteroatoms. The van der Waals surface area contributed by atoms with Gasteiger partial charge in [0.1, 0.15) is 0 Å². The fraction of sp³-hybridized carbons (Fsp3) is 0.571. The number of aliphatic hydroxyl groups is 1. The molecule has 2 heterocycles. The molecule has 76 valence electrons. The summed E-state index contributed by atoms with van der Waals surface area (Å²) in [6.45, 7) is 0.513. The number of nitrogens with one attached hydrogen (secondary N) is 2. The Bertz CT molecular complexity index is 398. The second kappa shape index (κ2) is 3.50. The van der Waals surface area contributed by atoms with Crippen LogP contribution >= 0.6 is 12.2 Å². The summed E-state index contributed by atoms with van der Waals surface area (Å²) in [5, 5.41) is 14.2. The van der Waals surface area contributed by atoms with Crippen LogP contribution in [-0.4, -0.2) is 39.3 Å². The summed E-state index contributed by atoms with van der Waals surface area (Å²) in [6.07, 6.45) is 0.365. The Morgan fingerprint density at radius 1 is 1.64 bits per heavy atom. The van der Waals surface area contributed by atoms with Crippen molar-refractivity contribution < 1.29 is 9.90 Å². The molecule has 1 aliphatic rings. The molecular weight excluding hydrogens is 204 g/mol. The van der Waals surface area contributed by atoms with Gasteiger partial charge >= 0.3 is 0 Å². The molecule has 1 aliphatic heterocycles. The fourth-order valence-electron chi connectivity index (χ4n) is 1.50. The molecule has 0 radical (unpaired) electrons. The van der Waals surface area contributed by atoms with E-state index in [0.29, 0.717) is 23.7 Å². The predicted molar refractivity (Wildman–Crippen MR) is 51.3 cm³/mol. The van der Waals surface area contributed by atoms with Gasteiger partial charge in [-0.1, -0.05) is 0 Å². The third kappa shape index (κ3) is 1.55. The predicted octanol–water partition coefficient (Wildman–Crippen LogP) is -0.188. The van der Waals surface area contributed by atoms with Crippen molar-refractivity contribution in [1.29, 1.82) is 0 Å². The van der Waals surface area contributed by atoms with Crippen LogP contribution in [0.25, 0.3) is 0 Å². The number of H-pyrrole nitrogens is 2. The molecule has 1 amide bonds. The third-order valence-corrected chi connectivity index (χ3v) is 2.40. The van der Waals surface area contributed by atoms with Crippen molar-refractivity contribution in [2.45, 2.75) is 6.42 Å². The highest BCUT2D eigenvalue weighted by molar-refractivity contribution is 7.71. The van der Waals surface area contributed by atoms with Crippen LogP contribution in [0.5, 0.6) is 0 Å². The lowest BCUT2D eigenvalue weighted by Gasteiger charge is -2.11. The summed E-state index contributed by atoms with van der Waals surface area (Å²) in [4.78, 5) is 16.9. The number of nitrogens with zero attached hydrogens (tertiary/aromatic N) is 2. The minimum absolute atomic E-state index is 0.00108. The van der Waals surface area contributed by atoms with E-state index in [1.54, 1.807) is 0 Å². The quantitative estimate of drug-likeness (QED) is 0.596. The standard InChI is InChI=1S/C7H10N4O2S/c12-3-4-1-5(13)11(2-4)6-8-7(14)10-9-6/h4,12H,1-3H2,(H2,8,9,10,14). The molecule has 1 atom stereocenters. The molecule has 2 rings (SSSR count). The maximum atomic E-state index is 11.5. The number of aromatic amines is 2. The Morgan fingerprint density at radius 3 is 2.93 bits per heavy atom. The van der Waals surface area contributed by atoms with Gasteiger partial charge in [-0.25, -0.2) is 0 Å². The lowest BCUT2D eigenvalue weighted by atomic mass is 10.1. The third-order valence-electron chi connectivity index (χ3n) is 2.21. The van der Waals surface area contributed by atoms with Gasteiger partial charge in [-0.15, -0.1) is 0 Å².